The Morgan fingerprint density at radius 3 is 2.78 bits per heavy atom. The number of methoxy groups -OCH3 is 2. The molecule has 0 aliphatic carbocycles. The molecule has 0 radical (unpaired) electrons. The van der Waals surface area contributed by atoms with Gasteiger partial charge in [0, 0.05) is 20.3 Å². The Morgan fingerprint density at radius 2 is 2.09 bits per heavy atom. The molecule has 1 unspecified atom stereocenters. The molecule has 1 atom stereocenters. The summed E-state index contributed by atoms with van der Waals surface area (Å²) in [6.45, 7) is 2.70. The van der Waals surface area contributed by atoms with Crippen LogP contribution in [0.5, 0.6) is 0 Å². The van der Waals surface area contributed by atoms with E-state index in [1.54, 1.807) is 31.6 Å². The standard InChI is InChI=1S/C22H25N3O6S/c1-14(18-6-4-11-31-18)23-19(26)13-32-22-24-17-12-15(21(28)30-3)7-8-16(17)20(27)25(22)9-5-10-29-2/h4,6-8,11-12,14H,5,9-10,13H2,1-3H3,(H,23,26). The van der Waals surface area contributed by atoms with Crippen LogP contribution in [0, 0.1) is 0 Å². The predicted molar refractivity (Wildman–Crippen MR) is 120 cm³/mol. The van der Waals surface area contributed by atoms with Crippen LogP contribution >= 0.6 is 11.8 Å². The van der Waals surface area contributed by atoms with Crippen molar-refractivity contribution in [1.29, 1.82) is 0 Å². The maximum atomic E-state index is 13.1. The van der Waals surface area contributed by atoms with Crippen molar-refractivity contribution < 1.29 is 23.5 Å². The van der Waals surface area contributed by atoms with Gasteiger partial charge in [0.25, 0.3) is 5.56 Å². The van der Waals surface area contributed by atoms with Crippen LogP contribution in [-0.4, -0.2) is 48.0 Å². The zero-order valence-corrected chi connectivity index (χ0v) is 18.9. The molecule has 9 nitrogen and oxygen atoms in total. The number of esters is 1. The van der Waals surface area contributed by atoms with Crippen LogP contribution in [-0.2, 0) is 20.8 Å². The molecule has 0 fully saturated rings. The van der Waals surface area contributed by atoms with Crippen molar-refractivity contribution in [2.24, 2.45) is 0 Å². The van der Waals surface area contributed by atoms with Crippen molar-refractivity contribution in [3.63, 3.8) is 0 Å². The zero-order valence-electron chi connectivity index (χ0n) is 18.1. The number of fused-ring (bicyclic) bond motifs is 1. The molecule has 0 bridgehead atoms. The molecule has 0 aliphatic rings. The minimum Gasteiger partial charge on any atom is -0.467 e. The Hall–Kier alpha value is -3.11. The summed E-state index contributed by atoms with van der Waals surface area (Å²) in [6, 6.07) is 7.88. The maximum absolute atomic E-state index is 13.1. The number of aromatic nitrogens is 2. The Morgan fingerprint density at radius 1 is 1.28 bits per heavy atom. The highest BCUT2D eigenvalue weighted by molar-refractivity contribution is 7.99. The van der Waals surface area contributed by atoms with E-state index in [4.69, 9.17) is 13.9 Å². The summed E-state index contributed by atoms with van der Waals surface area (Å²) in [4.78, 5) is 42.0. The number of ether oxygens (including phenoxy) is 2. The lowest BCUT2D eigenvalue weighted by Gasteiger charge is -2.14. The van der Waals surface area contributed by atoms with Crippen molar-refractivity contribution in [2.75, 3.05) is 26.6 Å². The minimum atomic E-state index is -0.515. The Balaban J connectivity index is 1.85. The van der Waals surface area contributed by atoms with E-state index >= 15 is 0 Å². The van der Waals surface area contributed by atoms with E-state index in [2.05, 4.69) is 10.3 Å². The van der Waals surface area contributed by atoms with Crippen LogP contribution in [0.1, 0.15) is 35.5 Å². The van der Waals surface area contributed by atoms with Crippen molar-refractivity contribution in [3.8, 4) is 0 Å². The first-order valence-electron chi connectivity index (χ1n) is 10.0. The van der Waals surface area contributed by atoms with Gasteiger partial charge in [0.15, 0.2) is 5.16 Å². The lowest BCUT2D eigenvalue weighted by atomic mass is 10.1. The summed E-state index contributed by atoms with van der Waals surface area (Å²) in [5, 5.41) is 3.63. The number of carbonyl (C=O) groups is 2. The summed E-state index contributed by atoms with van der Waals surface area (Å²) in [6.07, 6.45) is 2.16. The van der Waals surface area contributed by atoms with E-state index in [0.29, 0.717) is 47.0 Å². The molecular formula is C22H25N3O6S. The van der Waals surface area contributed by atoms with E-state index in [-0.39, 0.29) is 23.3 Å². The summed E-state index contributed by atoms with van der Waals surface area (Å²) in [5.74, 6) is -0.0262. The van der Waals surface area contributed by atoms with E-state index in [1.165, 1.54) is 23.8 Å². The first-order chi connectivity index (χ1) is 15.4. The molecule has 1 aromatic carbocycles. The van der Waals surface area contributed by atoms with Crippen LogP contribution < -0.4 is 10.9 Å². The van der Waals surface area contributed by atoms with Gasteiger partial charge in [-0.1, -0.05) is 11.8 Å². The molecule has 2 aromatic heterocycles. The number of hydrogen-bond donors (Lipinski definition) is 1. The van der Waals surface area contributed by atoms with Gasteiger partial charge < -0.3 is 19.2 Å². The Labute approximate surface area is 189 Å². The molecule has 170 valence electrons. The molecule has 0 saturated heterocycles. The number of thioether (sulfide) groups is 1. The number of benzene rings is 1. The van der Waals surface area contributed by atoms with Gasteiger partial charge in [-0.3, -0.25) is 14.2 Å². The predicted octanol–water partition coefficient (Wildman–Crippen LogP) is 2.78. The van der Waals surface area contributed by atoms with Crippen molar-refractivity contribution >= 4 is 34.5 Å². The van der Waals surface area contributed by atoms with Gasteiger partial charge in [0.1, 0.15) is 5.76 Å². The third-order valence-corrected chi connectivity index (χ3v) is 5.73. The van der Waals surface area contributed by atoms with Gasteiger partial charge >= 0.3 is 5.97 Å². The first kappa shape index (κ1) is 23.6. The van der Waals surface area contributed by atoms with E-state index in [9.17, 15) is 14.4 Å². The van der Waals surface area contributed by atoms with Crippen LogP contribution in [0.2, 0.25) is 0 Å². The third kappa shape index (κ3) is 5.57. The number of rotatable bonds is 10. The van der Waals surface area contributed by atoms with Gasteiger partial charge in [-0.25, -0.2) is 9.78 Å². The molecule has 1 N–H and O–H groups in total. The molecule has 10 heteroatoms. The van der Waals surface area contributed by atoms with Gasteiger partial charge in [0.05, 0.1) is 41.6 Å². The first-order valence-corrected chi connectivity index (χ1v) is 11.0. The molecule has 3 aromatic rings. The molecule has 2 heterocycles. The van der Waals surface area contributed by atoms with Crippen molar-refractivity contribution in [3.05, 3.63) is 58.3 Å². The summed E-state index contributed by atoms with van der Waals surface area (Å²) in [5.41, 5.74) is 0.423. The largest absolute Gasteiger partial charge is 0.467 e. The summed E-state index contributed by atoms with van der Waals surface area (Å²) < 4.78 is 16.7. The second-order valence-electron chi connectivity index (χ2n) is 7.01. The SMILES string of the molecule is COCCCn1c(SCC(=O)NC(C)c2ccco2)nc2cc(C(=O)OC)ccc2c1=O. The fourth-order valence-corrected chi connectivity index (χ4v) is 3.98. The van der Waals surface area contributed by atoms with Crippen LogP contribution in [0.15, 0.2) is 51.0 Å². The smallest absolute Gasteiger partial charge is 0.337 e. The fourth-order valence-electron chi connectivity index (χ4n) is 3.14. The Kier molecular flexibility index (Phi) is 8.07. The average molecular weight is 460 g/mol. The van der Waals surface area contributed by atoms with Crippen molar-refractivity contribution in [1.82, 2.24) is 14.9 Å². The van der Waals surface area contributed by atoms with Crippen LogP contribution in [0.3, 0.4) is 0 Å². The normalized spacial score (nSPS) is 12.0. The van der Waals surface area contributed by atoms with Crippen LogP contribution in [0.25, 0.3) is 10.9 Å². The Bertz CT molecular complexity index is 1140. The zero-order chi connectivity index (χ0) is 23.1. The minimum absolute atomic E-state index is 0.0595. The second-order valence-corrected chi connectivity index (χ2v) is 7.96. The number of nitrogens with zero attached hydrogens (tertiary/aromatic N) is 2. The van der Waals surface area contributed by atoms with Crippen LogP contribution in [0.4, 0.5) is 0 Å². The molecular weight excluding hydrogens is 434 g/mol. The molecule has 3 rings (SSSR count). The van der Waals surface area contributed by atoms with Gasteiger partial charge in [-0.05, 0) is 43.7 Å². The maximum Gasteiger partial charge on any atom is 0.337 e. The average Bonchev–Trinajstić information content (AvgIpc) is 3.33. The second kappa shape index (κ2) is 11.0. The van der Waals surface area contributed by atoms with Crippen molar-refractivity contribution in [2.45, 2.75) is 31.1 Å². The lowest BCUT2D eigenvalue weighted by molar-refractivity contribution is -0.119. The topological polar surface area (TPSA) is 113 Å². The molecule has 0 saturated carbocycles. The number of amides is 1. The highest BCUT2D eigenvalue weighted by Gasteiger charge is 2.17. The molecule has 1 amide bonds. The highest BCUT2D eigenvalue weighted by Crippen LogP contribution is 2.20. The number of nitrogens with one attached hydrogen (secondary N) is 1. The quantitative estimate of drug-likeness (QED) is 0.213. The van der Waals surface area contributed by atoms with Gasteiger partial charge in [-0.2, -0.15) is 0 Å². The van der Waals surface area contributed by atoms with E-state index in [0.717, 1.165) is 11.8 Å². The summed E-state index contributed by atoms with van der Waals surface area (Å²) >= 11 is 1.15. The summed E-state index contributed by atoms with van der Waals surface area (Å²) in [7, 11) is 2.88. The molecule has 32 heavy (non-hydrogen) atoms. The molecule has 0 aliphatic heterocycles. The molecule has 0 spiro atoms. The third-order valence-electron chi connectivity index (χ3n) is 4.75. The fraction of sp³-hybridized carbons (Fsp3) is 0.364. The van der Waals surface area contributed by atoms with Gasteiger partial charge in [-0.15, -0.1) is 0 Å². The lowest BCUT2D eigenvalue weighted by Crippen LogP contribution is -2.29. The van der Waals surface area contributed by atoms with Gasteiger partial charge in [0.2, 0.25) is 5.91 Å². The number of furan rings is 1. The van der Waals surface area contributed by atoms with E-state index < -0.39 is 5.97 Å². The number of hydrogen-bond acceptors (Lipinski definition) is 8. The van der Waals surface area contributed by atoms with E-state index in [1.807, 2.05) is 6.92 Å². The monoisotopic (exact) mass is 459 g/mol. The number of carbonyl (C=O) groups excluding carboxylic acids is 2. The highest BCUT2D eigenvalue weighted by atomic mass is 32.2.